The van der Waals surface area contributed by atoms with Crippen molar-refractivity contribution in [2.75, 3.05) is 19.0 Å². The number of alkyl halides is 3. The van der Waals surface area contributed by atoms with E-state index in [2.05, 4.69) is 26.7 Å². The highest BCUT2D eigenvalue weighted by Gasteiger charge is 2.27. The van der Waals surface area contributed by atoms with E-state index in [0.29, 0.717) is 23.1 Å². The first-order valence-electron chi connectivity index (χ1n) is 8.32. The number of rotatable bonds is 9. The first-order chi connectivity index (χ1) is 11.8. The lowest BCUT2D eigenvalue weighted by molar-refractivity contribution is -0.173. The van der Waals surface area contributed by atoms with Crippen LogP contribution in [0.15, 0.2) is 5.16 Å². The third kappa shape index (κ3) is 5.85. The molecule has 5 nitrogen and oxygen atoms in total. The van der Waals surface area contributed by atoms with Crippen LogP contribution in [0, 0.1) is 13.8 Å². The van der Waals surface area contributed by atoms with E-state index in [9.17, 15) is 13.2 Å². The summed E-state index contributed by atoms with van der Waals surface area (Å²) in [6.45, 7) is 5.02. The normalized spacial score (nSPS) is 12.2. The van der Waals surface area contributed by atoms with Crippen molar-refractivity contribution in [3.63, 3.8) is 0 Å². The second-order valence-corrected chi connectivity index (χ2v) is 6.90. The molecule has 0 fully saturated rings. The SMILES string of the molecule is CCCCc1c(C)nc2nc(SCCCOCC(F)(F)F)nn2c1C. The Kier molecular flexibility index (Phi) is 7.06. The van der Waals surface area contributed by atoms with Crippen LogP contribution in [0.3, 0.4) is 0 Å². The average Bonchev–Trinajstić information content (AvgIpc) is 2.92. The quantitative estimate of drug-likeness (QED) is 0.486. The summed E-state index contributed by atoms with van der Waals surface area (Å²) in [6.07, 6.45) is -0.582. The second kappa shape index (κ2) is 8.84. The zero-order chi connectivity index (χ0) is 18.4. The molecule has 9 heteroatoms. The number of aryl methyl sites for hydroxylation is 2. The van der Waals surface area contributed by atoms with Gasteiger partial charge in [-0.05, 0) is 38.7 Å². The third-order valence-corrected chi connectivity index (χ3v) is 4.66. The summed E-state index contributed by atoms with van der Waals surface area (Å²) in [7, 11) is 0. The van der Waals surface area contributed by atoms with Crippen LogP contribution in [0.2, 0.25) is 0 Å². The smallest absolute Gasteiger partial charge is 0.372 e. The van der Waals surface area contributed by atoms with E-state index in [1.54, 1.807) is 4.52 Å². The van der Waals surface area contributed by atoms with Gasteiger partial charge in [-0.2, -0.15) is 18.2 Å². The van der Waals surface area contributed by atoms with Crippen molar-refractivity contribution in [1.29, 1.82) is 0 Å². The number of unbranched alkanes of at least 4 members (excludes halogenated alkanes) is 1. The van der Waals surface area contributed by atoms with Crippen molar-refractivity contribution in [2.45, 2.75) is 57.8 Å². The average molecular weight is 376 g/mol. The monoisotopic (exact) mass is 376 g/mol. The van der Waals surface area contributed by atoms with Crippen LogP contribution in [-0.2, 0) is 11.2 Å². The molecule has 0 aromatic carbocycles. The molecule has 0 saturated heterocycles. The fourth-order valence-electron chi connectivity index (χ4n) is 2.48. The molecule has 2 aromatic heterocycles. The van der Waals surface area contributed by atoms with Gasteiger partial charge in [0.25, 0.3) is 5.78 Å². The lowest BCUT2D eigenvalue weighted by Gasteiger charge is -2.09. The van der Waals surface area contributed by atoms with Crippen molar-refractivity contribution in [3.8, 4) is 0 Å². The first kappa shape index (κ1) is 20.0. The van der Waals surface area contributed by atoms with Crippen molar-refractivity contribution < 1.29 is 17.9 Å². The van der Waals surface area contributed by atoms with Crippen LogP contribution in [0.1, 0.15) is 43.1 Å². The van der Waals surface area contributed by atoms with Gasteiger partial charge in [0.05, 0.1) is 0 Å². The predicted molar refractivity (Wildman–Crippen MR) is 91.1 cm³/mol. The molecule has 0 spiro atoms. The van der Waals surface area contributed by atoms with Crippen molar-refractivity contribution in [1.82, 2.24) is 19.6 Å². The molecule has 0 aliphatic heterocycles. The van der Waals surface area contributed by atoms with Crippen LogP contribution >= 0.6 is 11.8 Å². The Morgan fingerprint density at radius 3 is 2.60 bits per heavy atom. The van der Waals surface area contributed by atoms with E-state index >= 15 is 0 Å². The standard InChI is InChI=1S/C16H23F3N4OS/c1-4-5-7-13-11(2)20-14-21-15(22-23(14)12(13)3)25-9-6-8-24-10-16(17,18)19/h4-10H2,1-3H3. The molecule has 0 amide bonds. The van der Waals surface area contributed by atoms with Gasteiger partial charge in [0.2, 0.25) is 5.16 Å². The maximum Gasteiger partial charge on any atom is 0.411 e. The largest absolute Gasteiger partial charge is 0.411 e. The van der Waals surface area contributed by atoms with Crippen LogP contribution in [0.5, 0.6) is 0 Å². The molecule has 0 bridgehead atoms. The Balaban J connectivity index is 1.93. The Morgan fingerprint density at radius 1 is 1.16 bits per heavy atom. The lowest BCUT2D eigenvalue weighted by atomic mass is 10.1. The lowest BCUT2D eigenvalue weighted by Crippen LogP contribution is -2.17. The highest BCUT2D eigenvalue weighted by Crippen LogP contribution is 2.20. The summed E-state index contributed by atoms with van der Waals surface area (Å²) < 4.78 is 42.2. The number of ether oxygens (including phenoxy) is 1. The first-order valence-corrected chi connectivity index (χ1v) is 9.30. The summed E-state index contributed by atoms with van der Waals surface area (Å²) in [4.78, 5) is 8.92. The Labute approximate surface area is 149 Å². The van der Waals surface area contributed by atoms with Crippen LogP contribution in [0.4, 0.5) is 13.2 Å². The fourth-order valence-corrected chi connectivity index (χ4v) is 3.21. The maximum atomic E-state index is 12.0. The Morgan fingerprint density at radius 2 is 1.92 bits per heavy atom. The van der Waals surface area contributed by atoms with E-state index in [1.807, 2.05) is 13.8 Å². The minimum atomic E-state index is -4.27. The summed E-state index contributed by atoms with van der Waals surface area (Å²) >= 11 is 1.40. The van der Waals surface area contributed by atoms with E-state index in [-0.39, 0.29) is 6.61 Å². The summed E-state index contributed by atoms with van der Waals surface area (Å²) in [5.74, 6) is 1.15. The molecular formula is C16H23F3N4OS. The van der Waals surface area contributed by atoms with Gasteiger partial charge in [-0.15, -0.1) is 5.10 Å². The highest BCUT2D eigenvalue weighted by molar-refractivity contribution is 7.99. The molecule has 140 valence electrons. The van der Waals surface area contributed by atoms with E-state index < -0.39 is 12.8 Å². The zero-order valence-electron chi connectivity index (χ0n) is 14.7. The molecular weight excluding hydrogens is 353 g/mol. The van der Waals surface area contributed by atoms with Gasteiger partial charge in [0.15, 0.2) is 0 Å². The third-order valence-electron chi connectivity index (χ3n) is 3.74. The van der Waals surface area contributed by atoms with Gasteiger partial charge >= 0.3 is 6.18 Å². The van der Waals surface area contributed by atoms with Crippen molar-refractivity contribution in [3.05, 3.63) is 17.0 Å². The van der Waals surface area contributed by atoms with Gasteiger partial charge in [-0.1, -0.05) is 25.1 Å². The highest BCUT2D eigenvalue weighted by atomic mass is 32.2. The number of nitrogens with zero attached hydrogens (tertiary/aromatic N) is 4. The molecule has 0 atom stereocenters. The molecule has 25 heavy (non-hydrogen) atoms. The number of hydrogen-bond acceptors (Lipinski definition) is 5. The molecule has 0 N–H and O–H groups in total. The predicted octanol–water partition coefficient (Wildman–Crippen LogP) is 4.14. The van der Waals surface area contributed by atoms with Gasteiger partial charge in [0, 0.05) is 23.7 Å². The summed E-state index contributed by atoms with van der Waals surface area (Å²) in [5, 5.41) is 5.05. The molecule has 2 rings (SSSR count). The van der Waals surface area contributed by atoms with Crippen molar-refractivity contribution in [2.24, 2.45) is 0 Å². The molecule has 0 saturated carbocycles. The zero-order valence-corrected chi connectivity index (χ0v) is 15.5. The molecule has 0 radical (unpaired) electrons. The number of halogens is 3. The van der Waals surface area contributed by atoms with Gasteiger partial charge < -0.3 is 4.74 Å². The van der Waals surface area contributed by atoms with Crippen LogP contribution in [0.25, 0.3) is 5.78 Å². The minimum Gasteiger partial charge on any atom is -0.372 e. The summed E-state index contributed by atoms with van der Waals surface area (Å²) in [5.41, 5.74) is 3.23. The summed E-state index contributed by atoms with van der Waals surface area (Å²) in [6, 6.07) is 0. The van der Waals surface area contributed by atoms with E-state index in [0.717, 1.165) is 30.7 Å². The Bertz CT molecular complexity index is 703. The number of aromatic nitrogens is 4. The van der Waals surface area contributed by atoms with E-state index in [1.165, 1.54) is 17.3 Å². The minimum absolute atomic E-state index is 0.0669. The number of hydrogen-bond donors (Lipinski definition) is 0. The van der Waals surface area contributed by atoms with Gasteiger partial charge in [-0.25, -0.2) is 9.50 Å². The van der Waals surface area contributed by atoms with Gasteiger partial charge in [-0.3, -0.25) is 0 Å². The van der Waals surface area contributed by atoms with Crippen LogP contribution < -0.4 is 0 Å². The fraction of sp³-hybridized carbons (Fsp3) is 0.688. The number of thioether (sulfide) groups is 1. The Hall–Kier alpha value is -1.35. The molecule has 0 aliphatic carbocycles. The molecule has 2 aromatic rings. The van der Waals surface area contributed by atoms with Crippen LogP contribution in [-0.4, -0.2) is 44.7 Å². The maximum absolute atomic E-state index is 12.0. The van der Waals surface area contributed by atoms with Gasteiger partial charge in [0.1, 0.15) is 6.61 Å². The topological polar surface area (TPSA) is 52.3 Å². The van der Waals surface area contributed by atoms with Crippen molar-refractivity contribution >= 4 is 17.5 Å². The second-order valence-electron chi connectivity index (χ2n) is 5.84. The molecule has 2 heterocycles. The molecule has 0 aliphatic rings. The number of fused-ring (bicyclic) bond motifs is 1. The molecule has 0 unspecified atom stereocenters. The van der Waals surface area contributed by atoms with E-state index in [4.69, 9.17) is 0 Å².